The van der Waals surface area contributed by atoms with E-state index in [9.17, 15) is 19.3 Å². The van der Waals surface area contributed by atoms with Gasteiger partial charge in [-0.25, -0.2) is 4.79 Å². The van der Waals surface area contributed by atoms with Crippen LogP contribution in [0.15, 0.2) is 18.2 Å². The van der Waals surface area contributed by atoms with Gasteiger partial charge >= 0.3 is 12.3 Å². The van der Waals surface area contributed by atoms with E-state index in [1.165, 1.54) is 6.92 Å². The van der Waals surface area contributed by atoms with Crippen LogP contribution >= 0.6 is 11.6 Å². The number of nitro groups is 1. The fraction of sp³-hybridized carbons (Fsp3) is 0.300. The molecule has 1 aromatic carbocycles. The predicted octanol–water partition coefficient (Wildman–Crippen LogP) is 2.49. The van der Waals surface area contributed by atoms with E-state index >= 15 is 0 Å². The molecular formula is C10H9ClFNO5. The maximum atomic E-state index is 13.2. The smallest absolute Gasteiger partial charge is 0.381 e. The third kappa shape index (κ3) is 3.56. The number of non-ortho nitro benzene ring substituents is 1. The van der Waals surface area contributed by atoms with Crippen molar-refractivity contribution >= 4 is 23.3 Å². The third-order valence-electron chi connectivity index (χ3n) is 1.83. The van der Waals surface area contributed by atoms with Crippen LogP contribution in [0.25, 0.3) is 0 Å². The van der Waals surface area contributed by atoms with Crippen molar-refractivity contribution in [2.75, 3.05) is 6.61 Å². The highest BCUT2D eigenvalue weighted by atomic mass is 35.5. The number of carbonyl (C=O) groups is 1. The number of rotatable bonds is 5. The van der Waals surface area contributed by atoms with Crippen LogP contribution < -0.4 is 4.74 Å². The SMILES string of the molecule is CCOC(=O)C(F)Oc1ccc([N+](=O)[O-])cc1Cl. The number of alkyl halides is 1. The van der Waals surface area contributed by atoms with Crippen LogP contribution in [-0.4, -0.2) is 23.9 Å². The van der Waals surface area contributed by atoms with Gasteiger partial charge in [0.05, 0.1) is 16.6 Å². The molecule has 18 heavy (non-hydrogen) atoms. The first-order valence-electron chi connectivity index (χ1n) is 4.87. The van der Waals surface area contributed by atoms with Crippen molar-refractivity contribution in [1.29, 1.82) is 0 Å². The van der Waals surface area contributed by atoms with Crippen molar-refractivity contribution < 1.29 is 23.6 Å². The van der Waals surface area contributed by atoms with Crippen LogP contribution in [0, 0.1) is 10.1 Å². The Morgan fingerprint density at radius 1 is 1.61 bits per heavy atom. The molecule has 98 valence electrons. The van der Waals surface area contributed by atoms with Gasteiger partial charge in [-0.1, -0.05) is 11.6 Å². The molecule has 1 unspecified atom stereocenters. The van der Waals surface area contributed by atoms with E-state index < -0.39 is 17.3 Å². The molecule has 0 saturated heterocycles. The van der Waals surface area contributed by atoms with Crippen LogP contribution in [-0.2, 0) is 9.53 Å². The minimum atomic E-state index is -2.33. The highest BCUT2D eigenvalue weighted by Crippen LogP contribution is 2.29. The number of hydrogen-bond acceptors (Lipinski definition) is 5. The summed E-state index contributed by atoms with van der Waals surface area (Å²) in [5, 5.41) is 10.3. The molecule has 0 aromatic heterocycles. The Bertz CT molecular complexity index is 468. The molecule has 0 aliphatic heterocycles. The van der Waals surface area contributed by atoms with Gasteiger partial charge in [0.2, 0.25) is 0 Å². The van der Waals surface area contributed by atoms with Gasteiger partial charge in [-0.2, -0.15) is 4.39 Å². The first kappa shape index (κ1) is 14.2. The molecule has 0 fully saturated rings. The zero-order valence-corrected chi connectivity index (χ0v) is 10.0. The highest BCUT2D eigenvalue weighted by molar-refractivity contribution is 6.32. The summed E-state index contributed by atoms with van der Waals surface area (Å²) in [5.74, 6) is -1.37. The Hall–Kier alpha value is -1.89. The zero-order valence-electron chi connectivity index (χ0n) is 9.26. The molecule has 0 spiro atoms. The molecule has 8 heteroatoms. The summed E-state index contributed by atoms with van der Waals surface area (Å²) in [7, 11) is 0. The topological polar surface area (TPSA) is 78.7 Å². The second kappa shape index (κ2) is 6.15. The van der Waals surface area contributed by atoms with E-state index in [-0.39, 0.29) is 23.1 Å². The summed E-state index contributed by atoms with van der Waals surface area (Å²) in [6, 6.07) is 3.18. The van der Waals surface area contributed by atoms with Gasteiger partial charge in [-0.15, -0.1) is 0 Å². The summed E-state index contributed by atoms with van der Waals surface area (Å²) >= 11 is 5.65. The van der Waals surface area contributed by atoms with Gasteiger partial charge < -0.3 is 9.47 Å². The molecule has 0 heterocycles. The van der Waals surface area contributed by atoms with E-state index in [1.807, 2.05) is 0 Å². The standard InChI is InChI=1S/C10H9ClFNO5/c1-2-17-10(14)9(12)18-8-4-3-6(13(15)16)5-7(8)11/h3-5,9H,2H2,1H3. The van der Waals surface area contributed by atoms with Gasteiger partial charge in [0.15, 0.2) is 0 Å². The summed E-state index contributed by atoms with van der Waals surface area (Å²) in [5.41, 5.74) is -0.265. The molecular weight excluding hydrogens is 269 g/mol. The van der Waals surface area contributed by atoms with Gasteiger partial charge in [0, 0.05) is 12.1 Å². The number of esters is 1. The fourth-order valence-corrected chi connectivity index (χ4v) is 1.29. The molecule has 6 nitrogen and oxygen atoms in total. The lowest BCUT2D eigenvalue weighted by atomic mass is 10.3. The molecule has 0 aliphatic carbocycles. The first-order valence-corrected chi connectivity index (χ1v) is 5.24. The number of halogens is 2. The Labute approximate surface area is 106 Å². The summed E-state index contributed by atoms with van der Waals surface area (Å²) < 4.78 is 22.2. The van der Waals surface area contributed by atoms with Gasteiger partial charge in [-0.3, -0.25) is 10.1 Å². The lowest BCUT2D eigenvalue weighted by Crippen LogP contribution is -2.24. The van der Waals surface area contributed by atoms with E-state index in [4.69, 9.17) is 11.6 Å². The number of nitrogens with zero attached hydrogens (tertiary/aromatic N) is 1. The molecule has 0 amide bonds. The Kier molecular flexibility index (Phi) is 4.85. The monoisotopic (exact) mass is 277 g/mol. The summed E-state index contributed by atoms with van der Waals surface area (Å²) in [6.07, 6.45) is -2.33. The van der Waals surface area contributed by atoms with E-state index in [2.05, 4.69) is 9.47 Å². The molecule has 0 saturated carbocycles. The average Bonchev–Trinajstić information content (AvgIpc) is 2.31. The highest BCUT2D eigenvalue weighted by Gasteiger charge is 2.22. The second-order valence-electron chi connectivity index (χ2n) is 3.06. The number of carbonyl (C=O) groups excluding carboxylic acids is 1. The number of nitro benzene ring substituents is 1. The quantitative estimate of drug-likeness (QED) is 0.469. The van der Waals surface area contributed by atoms with Crippen molar-refractivity contribution in [3.8, 4) is 5.75 Å². The molecule has 0 bridgehead atoms. The van der Waals surface area contributed by atoms with E-state index in [0.717, 1.165) is 18.2 Å². The molecule has 1 rings (SSSR count). The van der Waals surface area contributed by atoms with Crippen LogP contribution in [0.1, 0.15) is 6.92 Å². The number of ether oxygens (including phenoxy) is 2. The molecule has 1 atom stereocenters. The van der Waals surface area contributed by atoms with Crippen LogP contribution in [0.4, 0.5) is 10.1 Å². The maximum absolute atomic E-state index is 13.2. The Morgan fingerprint density at radius 2 is 2.28 bits per heavy atom. The average molecular weight is 278 g/mol. The lowest BCUT2D eigenvalue weighted by Gasteiger charge is -2.11. The summed E-state index contributed by atoms with van der Waals surface area (Å²) in [4.78, 5) is 20.7. The van der Waals surface area contributed by atoms with Crippen LogP contribution in [0.5, 0.6) is 5.75 Å². The molecule has 0 aliphatic rings. The Morgan fingerprint density at radius 3 is 2.78 bits per heavy atom. The van der Waals surface area contributed by atoms with Gasteiger partial charge in [0.1, 0.15) is 5.75 Å². The van der Waals surface area contributed by atoms with Crippen LogP contribution in [0.3, 0.4) is 0 Å². The van der Waals surface area contributed by atoms with Crippen molar-refractivity contribution in [2.45, 2.75) is 13.3 Å². The molecule has 0 radical (unpaired) electrons. The van der Waals surface area contributed by atoms with Gasteiger partial charge in [0.25, 0.3) is 5.69 Å². The van der Waals surface area contributed by atoms with Crippen molar-refractivity contribution in [2.24, 2.45) is 0 Å². The predicted molar refractivity (Wildman–Crippen MR) is 60.3 cm³/mol. The van der Waals surface area contributed by atoms with E-state index in [1.54, 1.807) is 0 Å². The van der Waals surface area contributed by atoms with Crippen molar-refractivity contribution in [3.05, 3.63) is 33.3 Å². The van der Waals surface area contributed by atoms with Crippen molar-refractivity contribution in [1.82, 2.24) is 0 Å². The summed E-state index contributed by atoms with van der Waals surface area (Å²) in [6.45, 7) is 1.53. The second-order valence-corrected chi connectivity index (χ2v) is 3.46. The minimum absolute atomic E-state index is 0.0105. The lowest BCUT2D eigenvalue weighted by molar-refractivity contribution is -0.384. The Balaban J connectivity index is 2.79. The number of benzene rings is 1. The first-order chi connectivity index (χ1) is 8.45. The molecule has 1 aromatic rings. The molecule has 0 N–H and O–H groups in total. The van der Waals surface area contributed by atoms with Gasteiger partial charge in [-0.05, 0) is 13.0 Å². The normalized spacial score (nSPS) is 11.7. The van der Waals surface area contributed by atoms with Crippen LogP contribution in [0.2, 0.25) is 5.02 Å². The zero-order chi connectivity index (χ0) is 13.7. The minimum Gasteiger partial charge on any atom is -0.461 e. The van der Waals surface area contributed by atoms with Crippen molar-refractivity contribution in [3.63, 3.8) is 0 Å². The van der Waals surface area contributed by atoms with E-state index in [0.29, 0.717) is 0 Å². The fourth-order valence-electron chi connectivity index (χ4n) is 1.07. The third-order valence-corrected chi connectivity index (χ3v) is 2.12. The maximum Gasteiger partial charge on any atom is 0.381 e. The largest absolute Gasteiger partial charge is 0.461 e. The number of hydrogen-bond donors (Lipinski definition) is 0.